The fourth-order valence-corrected chi connectivity index (χ4v) is 2.43. The smallest absolute Gasteiger partial charge is 0.423 e. The van der Waals surface area contributed by atoms with Crippen LogP contribution in [0.2, 0.25) is 0 Å². The maximum Gasteiger partial charge on any atom is 0.499 e. The molecule has 2 aromatic heterocycles. The average Bonchev–Trinajstić information content (AvgIpc) is 3.09. The van der Waals surface area contributed by atoms with E-state index in [1.54, 1.807) is 12.1 Å². The van der Waals surface area contributed by atoms with E-state index in [-0.39, 0.29) is 0 Å². The van der Waals surface area contributed by atoms with Gasteiger partial charge in [-0.1, -0.05) is 24.3 Å². The minimum absolute atomic E-state index is 0.371. The van der Waals surface area contributed by atoms with Crippen molar-refractivity contribution >= 4 is 23.2 Å². The van der Waals surface area contributed by atoms with Crippen LogP contribution in [-0.2, 0) is 0 Å². The monoisotopic (exact) mass is 272 g/mol. The number of rotatable bonds is 3. The lowest BCUT2D eigenvalue weighted by Gasteiger charge is -1.92. The average molecular weight is 272 g/mol. The molecule has 3 rings (SSSR count). The van der Waals surface area contributed by atoms with Gasteiger partial charge in [-0.3, -0.25) is 0 Å². The van der Waals surface area contributed by atoms with Crippen LogP contribution < -0.4 is 4.78 Å². The van der Waals surface area contributed by atoms with Crippen molar-refractivity contribution in [2.75, 3.05) is 0 Å². The molecule has 0 aliphatic carbocycles. The summed E-state index contributed by atoms with van der Waals surface area (Å²) in [4.78, 5) is 0.706. The third-order valence-electron chi connectivity index (χ3n) is 2.54. The van der Waals surface area contributed by atoms with E-state index in [1.807, 2.05) is 30.3 Å². The maximum atomic E-state index is 9.07. The molecule has 3 aromatic rings. The van der Waals surface area contributed by atoms with Gasteiger partial charge in [-0.25, -0.2) is 0 Å². The molecule has 0 unspecified atom stereocenters. The first-order valence-electron chi connectivity index (χ1n) is 5.59. The highest BCUT2D eigenvalue weighted by molar-refractivity contribution is 7.24. The molecule has 0 radical (unpaired) electrons. The van der Waals surface area contributed by atoms with Crippen LogP contribution in [0.5, 0.6) is 0 Å². The molecule has 2 N–H and O–H groups in total. The summed E-state index contributed by atoms with van der Waals surface area (Å²) in [5, 5.41) is 26.1. The maximum absolute atomic E-state index is 9.07. The van der Waals surface area contributed by atoms with Gasteiger partial charge < -0.3 is 14.5 Å². The second-order valence-corrected chi connectivity index (χ2v) is 4.97. The van der Waals surface area contributed by atoms with Gasteiger partial charge in [-0.2, -0.15) is 0 Å². The van der Waals surface area contributed by atoms with Crippen molar-refractivity contribution in [3.63, 3.8) is 0 Å². The standard InChI is InChI=1S/C12H9BN2O3S/c16-13(17)10-7-6-9(19-10)12-15-14-11(18-12)8-4-2-1-3-5-8/h1-7,16-17H. The molecule has 0 fully saturated rings. The molecule has 0 atom stereocenters. The minimum Gasteiger partial charge on any atom is -0.423 e. The third kappa shape index (κ3) is 2.44. The van der Waals surface area contributed by atoms with E-state index in [1.165, 1.54) is 11.3 Å². The molecular weight excluding hydrogens is 263 g/mol. The zero-order chi connectivity index (χ0) is 13.2. The number of benzene rings is 1. The lowest BCUT2D eigenvalue weighted by atomic mass is 9.90. The van der Waals surface area contributed by atoms with E-state index in [4.69, 9.17) is 14.5 Å². The molecule has 94 valence electrons. The van der Waals surface area contributed by atoms with Gasteiger partial charge >= 0.3 is 7.12 Å². The third-order valence-corrected chi connectivity index (χ3v) is 3.65. The molecule has 7 heteroatoms. The van der Waals surface area contributed by atoms with Crippen molar-refractivity contribution in [1.82, 2.24) is 10.2 Å². The Morgan fingerprint density at radius 3 is 2.37 bits per heavy atom. The Morgan fingerprint density at radius 2 is 1.68 bits per heavy atom. The highest BCUT2D eigenvalue weighted by Crippen LogP contribution is 2.26. The van der Waals surface area contributed by atoms with Gasteiger partial charge in [-0.15, -0.1) is 21.5 Å². The first kappa shape index (κ1) is 12.1. The summed E-state index contributed by atoms with van der Waals surface area (Å²) < 4.78 is 6.01. The van der Waals surface area contributed by atoms with Gasteiger partial charge in [0.2, 0.25) is 5.89 Å². The number of hydrogen-bond donors (Lipinski definition) is 2. The zero-order valence-electron chi connectivity index (χ0n) is 9.72. The predicted octanol–water partition coefficient (Wildman–Crippen LogP) is 1.14. The SMILES string of the molecule is OB(O)c1ccc(-c2nnc(-c3ccccc3)o2)s1. The molecule has 5 nitrogen and oxygen atoms in total. The predicted molar refractivity (Wildman–Crippen MR) is 72.9 cm³/mol. The number of thiophene rings is 1. The molecule has 19 heavy (non-hydrogen) atoms. The Morgan fingerprint density at radius 1 is 0.947 bits per heavy atom. The van der Waals surface area contributed by atoms with Crippen molar-refractivity contribution in [3.8, 4) is 22.2 Å². The topological polar surface area (TPSA) is 79.4 Å². The van der Waals surface area contributed by atoms with Crippen molar-refractivity contribution in [1.29, 1.82) is 0 Å². The Hall–Kier alpha value is -1.96. The van der Waals surface area contributed by atoms with Crippen LogP contribution in [0, 0.1) is 0 Å². The summed E-state index contributed by atoms with van der Waals surface area (Å²) in [6, 6.07) is 12.8. The molecule has 2 heterocycles. The molecule has 0 spiro atoms. The van der Waals surface area contributed by atoms with Crippen molar-refractivity contribution < 1.29 is 14.5 Å². The summed E-state index contributed by atoms with van der Waals surface area (Å²) in [6.45, 7) is 0. The molecule has 0 bridgehead atoms. The van der Waals surface area contributed by atoms with Crippen LogP contribution in [0.25, 0.3) is 22.2 Å². The van der Waals surface area contributed by atoms with Crippen LogP contribution in [0.1, 0.15) is 0 Å². The van der Waals surface area contributed by atoms with E-state index >= 15 is 0 Å². The van der Waals surface area contributed by atoms with E-state index in [0.29, 0.717) is 21.4 Å². The van der Waals surface area contributed by atoms with Gasteiger partial charge in [0, 0.05) is 10.3 Å². The molecule has 0 saturated carbocycles. The summed E-state index contributed by atoms with van der Waals surface area (Å²) in [5.41, 5.74) is 0.847. The van der Waals surface area contributed by atoms with Gasteiger partial charge in [-0.05, 0) is 18.2 Å². The number of nitrogens with zero attached hydrogens (tertiary/aromatic N) is 2. The van der Waals surface area contributed by atoms with Gasteiger partial charge in [0.1, 0.15) is 0 Å². The lowest BCUT2D eigenvalue weighted by Crippen LogP contribution is -2.26. The zero-order valence-corrected chi connectivity index (χ0v) is 10.5. The lowest BCUT2D eigenvalue weighted by molar-refractivity contribution is 0.427. The summed E-state index contributed by atoms with van der Waals surface area (Å²) in [5.74, 6) is 0.811. The second kappa shape index (κ2) is 4.97. The van der Waals surface area contributed by atoms with Crippen LogP contribution in [0.15, 0.2) is 46.9 Å². The Bertz CT molecular complexity index is 681. The van der Waals surface area contributed by atoms with Crippen LogP contribution >= 0.6 is 11.3 Å². The second-order valence-electron chi connectivity index (χ2n) is 3.85. The van der Waals surface area contributed by atoms with E-state index in [0.717, 1.165) is 5.56 Å². The van der Waals surface area contributed by atoms with Crippen molar-refractivity contribution in [2.24, 2.45) is 0 Å². The Balaban J connectivity index is 1.92. The first-order chi connectivity index (χ1) is 9.24. The normalized spacial score (nSPS) is 10.6. The van der Waals surface area contributed by atoms with E-state index in [9.17, 15) is 0 Å². The minimum atomic E-state index is -1.48. The molecule has 0 saturated heterocycles. The van der Waals surface area contributed by atoms with Gasteiger partial charge in [0.15, 0.2) is 0 Å². The molecule has 0 aliphatic rings. The summed E-state index contributed by atoms with van der Waals surface area (Å²) in [7, 11) is -1.48. The van der Waals surface area contributed by atoms with Crippen molar-refractivity contribution in [3.05, 3.63) is 42.5 Å². The van der Waals surface area contributed by atoms with Crippen LogP contribution in [-0.4, -0.2) is 27.4 Å². The van der Waals surface area contributed by atoms with E-state index in [2.05, 4.69) is 10.2 Å². The fourth-order valence-electron chi connectivity index (χ4n) is 1.63. The number of hydrogen-bond acceptors (Lipinski definition) is 6. The Labute approximate surface area is 113 Å². The quantitative estimate of drug-likeness (QED) is 0.699. The summed E-state index contributed by atoms with van der Waals surface area (Å²) >= 11 is 1.21. The Kier molecular flexibility index (Phi) is 3.16. The highest BCUT2D eigenvalue weighted by atomic mass is 32.1. The van der Waals surface area contributed by atoms with E-state index < -0.39 is 7.12 Å². The van der Waals surface area contributed by atoms with Crippen LogP contribution in [0.3, 0.4) is 0 Å². The summed E-state index contributed by atoms with van der Waals surface area (Å²) in [6.07, 6.45) is 0. The molecule has 1 aromatic carbocycles. The van der Waals surface area contributed by atoms with Gasteiger partial charge in [0.05, 0.1) is 4.88 Å². The van der Waals surface area contributed by atoms with Gasteiger partial charge in [0.25, 0.3) is 5.89 Å². The number of aromatic nitrogens is 2. The fraction of sp³-hybridized carbons (Fsp3) is 0. The van der Waals surface area contributed by atoms with Crippen molar-refractivity contribution in [2.45, 2.75) is 0 Å². The van der Waals surface area contributed by atoms with Crippen LogP contribution in [0.4, 0.5) is 0 Å². The molecular formula is C12H9BN2O3S. The molecule has 0 aliphatic heterocycles. The highest BCUT2D eigenvalue weighted by Gasteiger charge is 2.17. The first-order valence-corrected chi connectivity index (χ1v) is 6.41. The molecule has 0 amide bonds. The largest absolute Gasteiger partial charge is 0.499 e.